The van der Waals surface area contributed by atoms with Gasteiger partial charge in [-0.05, 0) is 53.4 Å². The molecule has 20 heavy (non-hydrogen) atoms. The Morgan fingerprint density at radius 2 is 1.70 bits per heavy atom. The third-order valence-electron chi connectivity index (χ3n) is 3.57. The molecule has 0 aromatic heterocycles. The molecular weight excluding hydrogens is 312 g/mol. The lowest BCUT2D eigenvalue weighted by Crippen LogP contribution is -2.43. The van der Waals surface area contributed by atoms with Crippen LogP contribution in [0.5, 0.6) is 0 Å². The lowest BCUT2D eigenvalue weighted by atomic mass is 9.93. The number of rotatable bonds is 6. The first-order valence-corrected chi connectivity index (χ1v) is 7.69. The first kappa shape index (κ1) is 15.1. The van der Waals surface area contributed by atoms with E-state index in [0.717, 1.165) is 23.0 Å². The van der Waals surface area contributed by atoms with Crippen molar-refractivity contribution in [3.8, 4) is 0 Å². The van der Waals surface area contributed by atoms with Gasteiger partial charge in [-0.1, -0.05) is 42.5 Å². The molecule has 0 aliphatic heterocycles. The highest BCUT2D eigenvalue weighted by Gasteiger charge is 2.22. The molecule has 2 aromatic carbocycles. The van der Waals surface area contributed by atoms with E-state index in [1.54, 1.807) is 0 Å². The number of para-hydroxylation sites is 1. The van der Waals surface area contributed by atoms with Crippen molar-refractivity contribution in [1.29, 1.82) is 0 Å². The minimum atomic E-state index is -0.111. The van der Waals surface area contributed by atoms with E-state index in [1.807, 2.05) is 24.3 Å². The standard InChI is InChI=1S/C17H21BrN2/c1-17(13-19,12-11-14-7-3-2-4-8-14)20-16-10-6-5-9-15(16)18/h2-10,20H,11-13,19H2,1H3. The minimum absolute atomic E-state index is 0.111. The van der Waals surface area contributed by atoms with E-state index in [4.69, 9.17) is 5.73 Å². The van der Waals surface area contributed by atoms with E-state index >= 15 is 0 Å². The van der Waals surface area contributed by atoms with Crippen LogP contribution in [-0.4, -0.2) is 12.1 Å². The van der Waals surface area contributed by atoms with Gasteiger partial charge in [0, 0.05) is 22.2 Å². The average Bonchev–Trinajstić information content (AvgIpc) is 2.49. The van der Waals surface area contributed by atoms with E-state index in [9.17, 15) is 0 Å². The summed E-state index contributed by atoms with van der Waals surface area (Å²) in [6.07, 6.45) is 2.01. The molecule has 2 aromatic rings. The SMILES string of the molecule is CC(CN)(CCc1ccccc1)Nc1ccccc1Br. The molecule has 0 spiro atoms. The van der Waals surface area contributed by atoms with Gasteiger partial charge in [0.1, 0.15) is 0 Å². The van der Waals surface area contributed by atoms with Crippen LogP contribution >= 0.6 is 15.9 Å². The molecule has 1 unspecified atom stereocenters. The van der Waals surface area contributed by atoms with E-state index in [0.29, 0.717) is 6.54 Å². The van der Waals surface area contributed by atoms with Gasteiger partial charge in [-0.2, -0.15) is 0 Å². The molecule has 3 heteroatoms. The Balaban J connectivity index is 2.04. The zero-order chi connectivity index (χ0) is 14.4. The number of hydrogen-bond acceptors (Lipinski definition) is 2. The Bertz CT molecular complexity index is 542. The second-order valence-electron chi connectivity index (χ2n) is 5.36. The summed E-state index contributed by atoms with van der Waals surface area (Å²) < 4.78 is 1.07. The Kier molecular flexibility index (Phi) is 5.21. The molecule has 0 heterocycles. The first-order chi connectivity index (χ1) is 9.63. The smallest absolute Gasteiger partial charge is 0.0489 e. The van der Waals surface area contributed by atoms with Crippen LogP contribution in [0.3, 0.4) is 0 Å². The largest absolute Gasteiger partial charge is 0.378 e. The lowest BCUT2D eigenvalue weighted by molar-refractivity contribution is 0.482. The maximum atomic E-state index is 5.99. The summed E-state index contributed by atoms with van der Waals surface area (Å²) in [5.74, 6) is 0. The molecule has 0 saturated heterocycles. The summed E-state index contributed by atoms with van der Waals surface area (Å²) in [5.41, 5.74) is 8.32. The van der Waals surface area contributed by atoms with Crippen LogP contribution < -0.4 is 11.1 Å². The Labute approximate surface area is 129 Å². The van der Waals surface area contributed by atoms with Crippen molar-refractivity contribution >= 4 is 21.6 Å². The van der Waals surface area contributed by atoms with Crippen LogP contribution in [0.4, 0.5) is 5.69 Å². The topological polar surface area (TPSA) is 38.0 Å². The predicted molar refractivity (Wildman–Crippen MR) is 90.0 cm³/mol. The number of aryl methyl sites for hydroxylation is 1. The van der Waals surface area contributed by atoms with Gasteiger partial charge in [0.2, 0.25) is 0 Å². The molecule has 0 saturated carbocycles. The van der Waals surface area contributed by atoms with Crippen LogP contribution in [0.2, 0.25) is 0 Å². The monoisotopic (exact) mass is 332 g/mol. The van der Waals surface area contributed by atoms with Gasteiger partial charge in [-0.15, -0.1) is 0 Å². The Morgan fingerprint density at radius 3 is 2.35 bits per heavy atom. The number of benzene rings is 2. The van der Waals surface area contributed by atoms with Crippen molar-refractivity contribution in [2.45, 2.75) is 25.3 Å². The summed E-state index contributed by atoms with van der Waals surface area (Å²) in [6.45, 7) is 2.77. The van der Waals surface area contributed by atoms with Crippen molar-refractivity contribution in [1.82, 2.24) is 0 Å². The molecule has 2 nitrogen and oxygen atoms in total. The minimum Gasteiger partial charge on any atom is -0.378 e. The molecule has 0 amide bonds. The number of halogens is 1. The molecule has 106 valence electrons. The first-order valence-electron chi connectivity index (χ1n) is 6.90. The molecule has 2 rings (SSSR count). The van der Waals surface area contributed by atoms with Crippen LogP contribution in [-0.2, 0) is 6.42 Å². The molecule has 0 aliphatic rings. The van der Waals surface area contributed by atoms with Gasteiger partial charge >= 0.3 is 0 Å². The molecule has 0 fully saturated rings. The maximum Gasteiger partial charge on any atom is 0.0489 e. The molecule has 0 aliphatic carbocycles. The molecule has 3 N–H and O–H groups in total. The molecule has 0 radical (unpaired) electrons. The second kappa shape index (κ2) is 6.91. The van der Waals surface area contributed by atoms with Gasteiger partial charge in [0.05, 0.1) is 0 Å². The van der Waals surface area contributed by atoms with Crippen molar-refractivity contribution in [3.05, 3.63) is 64.6 Å². The molecule has 0 bridgehead atoms. The van der Waals surface area contributed by atoms with Gasteiger partial charge < -0.3 is 11.1 Å². The average molecular weight is 333 g/mol. The fraction of sp³-hybridized carbons (Fsp3) is 0.294. The highest BCUT2D eigenvalue weighted by Crippen LogP contribution is 2.26. The lowest BCUT2D eigenvalue weighted by Gasteiger charge is -2.31. The number of hydrogen-bond donors (Lipinski definition) is 2. The maximum absolute atomic E-state index is 5.99. The fourth-order valence-electron chi connectivity index (χ4n) is 2.17. The van der Waals surface area contributed by atoms with Gasteiger partial charge in [-0.3, -0.25) is 0 Å². The van der Waals surface area contributed by atoms with Crippen LogP contribution in [0.15, 0.2) is 59.1 Å². The third-order valence-corrected chi connectivity index (χ3v) is 4.26. The Morgan fingerprint density at radius 1 is 1.05 bits per heavy atom. The third kappa shape index (κ3) is 4.09. The van der Waals surface area contributed by atoms with Gasteiger partial charge in [0.25, 0.3) is 0 Å². The van der Waals surface area contributed by atoms with E-state index in [-0.39, 0.29) is 5.54 Å². The normalized spacial score (nSPS) is 13.8. The van der Waals surface area contributed by atoms with Crippen LogP contribution in [0, 0.1) is 0 Å². The summed E-state index contributed by atoms with van der Waals surface area (Å²) in [6, 6.07) is 18.7. The number of nitrogens with two attached hydrogens (primary N) is 1. The van der Waals surface area contributed by atoms with E-state index < -0.39 is 0 Å². The number of nitrogens with one attached hydrogen (secondary N) is 1. The van der Waals surface area contributed by atoms with Crippen LogP contribution in [0.1, 0.15) is 18.9 Å². The summed E-state index contributed by atoms with van der Waals surface area (Å²) in [7, 11) is 0. The Hall–Kier alpha value is -1.32. The van der Waals surface area contributed by atoms with Crippen molar-refractivity contribution in [2.75, 3.05) is 11.9 Å². The summed E-state index contributed by atoms with van der Waals surface area (Å²) >= 11 is 3.57. The zero-order valence-corrected chi connectivity index (χ0v) is 13.4. The summed E-state index contributed by atoms with van der Waals surface area (Å²) in [5, 5.41) is 3.57. The molecule has 1 atom stereocenters. The predicted octanol–water partition coefficient (Wildman–Crippen LogP) is 4.21. The van der Waals surface area contributed by atoms with Gasteiger partial charge in [0.15, 0.2) is 0 Å². The quantitative estimate of drug-likeness (QED) is 0.831. The van der Waals surface area contributed by atoms with E-state index in [2.05, 4.69) is 58.5 Å². The second-order valence-corrected chi connectivity index (χ2v) is 6.21. The molecular formula is C17H21BrN2. The zero-order valence-electron chi connectivity index (χ0n) is 11.8. The summed E-state index contributed by atoms with van der Waals surface area (Å²) in [4.78, 5) is 0. The van der Waals surface area contributed by atoms with Crippen molar-refractivity contribution in [3.63, 3.8) is 0 Å². The van der Waals surface area contributed by atoms with Gasteiger partial charge in [-0.25, -0.2) is 0 Å². The van der Waals surface area contributed by atoms with Crippen molar-refractivity contribution in [2.24, 2.45) is 5.73 Å². The highest BCUT2D eigenvalue weighted by molar-refractivity contribution is 9.10. The van der Waals surface area contributed by atoms with Crippen LogP contribution in [0.25, 0.3) is 0 Å². The van der Waals surface area contributed by atoms with E-state index in [1.165, 1.54) is 5.56 Å². The van der Waals surface area contributed by atoms with Crippen molar-refractivity contribution < 1.29 is 0 Å². The highest BCUT2D eigenvalue weighted by atomic mass is 79.9. The fourth-order valence-corrected chi connectivity index (χ4v) is 2.55. The number of anilines is 1.